The van der Waals surface area contributed by atoms with Crippen molar-refractivity contribution in [3.63, 3.8) is 0 Å². The maximum atomic E-state index is 13.0. The average molecular weight is 260 g/mol. The summed E-state index contributed by atoms with van der Waals surface area (Å²) in [6.45, 7) is 0.0222. The third kappa shape index (κ3) is 2.92. The van der Waals surface area contributed by atoms with Crippen molar-refractivity contribution in [2.45, 2.75) is 19.4 Å². The Morgan fingerprint density at radius 1 is 1.50 bits per heavy atom. The second-order valence-electron chi connectivity index (χ2n) is 3.43. The monoisotopic (exact) mass is 260 g/mol. The number of ether oxygens (including phenoxy) is 2. The summed E-state index contributed by atoms with van der Waals surface area (Å²) >= 11 is 0. The van der Waals surface area contributed by atoms with E-state index < -0.39 is 18.0 Å². The van der Waals surface area contributed by atoms with Gasteiger partial charge in [0.25, 0.3) is 6.43 Å². The molecular formula is C11H14F2N2O3. The zero-order valence-electron chi connectivity index (χ0n) is 10.1. The van der Waals surface area contributed by atoms with Crippen molar-refractivity contribution in [3.05, 3.63) is 23.0 Å². The van der Waals surface area contributed by atoms with Gasteiger partial charge >= 0.3 is 5.97 Å². The molecule has 1 heterocycles. The van der Waals surface area contributed by atoms with E-state index in [-0.39, 0.29) is 24.4 Å². The summed E-state index contributed by atoms with van der Waals surface area (Å²) in [5.41, 5.74) is 5.30. The average Bonchev–Trinajstić information content (AvgIpc) is 2.37. The third-order valence-corrected chi connectivity index (χ3v) is 2.41. The lowest BCUT2D eigenvalue weighted by atomic mass is 10.1. The van der Waals surface area contributed by atoms with Crippen LogP contribution in [0.3, 0.4) is 0 Å². The number of alkyl halides is 2. The van der Waals surface area contributed by atoms with Crippen molar-refractivity contribution in [1.29, 1.82) is 0 Å². The Labute approximate surface area is 103 Å². The van der Waals surface area contributed by atoms with Gasteiger partial charge in [0, 0.05) is 18.3 Å². The summed E-state index contributed by atoms with van der Waals surface area (Å²) in [5.74, 6) is -0.673. The second kappa shape index (κ2) is 6.25. The van der Waals surface area contributed by atoms with Crippen LogP contribution in [0, 0.1) is 0 Å². The SMILES string of the molecule is COC(=O)Cc1ncc(CN)c(OC)c1C(F)F. The zero-order chi connectivity index (χ0) is 13.7. The number of nitrogens with zero attached hydrogens (tertiary/aromatic N) is 1. The van der Waals surface area contributed by atoms with Gasteiger partial charge in [0.1, 0.15) is 5.75 Å². The molecule has 1 aromatic heterocycles. The van der Waals surface area contributed by atoms with Gasteiger partial charge in [0.05, 0.1) is 31.9 Å². The largest absolute Gasteiger partial charge is 0.496 e. The number of esters is 1. The van der Waals surface area contributed by atoms with Crippen LogP contribution in [-0.2, 0) is 22.5 Å². The Bertz CT molecular complexity index is 439. The second-order valence-corrected chi connectivity index (χ2v) is 3.43. The molecular weight excluding hydrogens is 246 g/mol. The van der Waals surface area contributed by atoms with Crippen LogP contribution in [0.2, 0.25) is 0 Å². The Morgan fingerprint density at radius 3 is 2.61 bits per heavy atom. The molecule has 5 nitrogen and oxygen atoms in total. The lowest BCUT2D eigenvalue weighted by molar-refractivity contribution is -0.139. The molecule has 0 aliphatic carbocycles. The highest BCUT2D eigenvalue weighted by Crippen LogP contribution is 2.34. The van der Waals surface area contributed by atoms with Gasteiger partial charge in [0.15, 0.2) is 0 Å². The summed E-state index contributed by atoms with van der Waals surface area (Å²) in [4.78, 5) is 15.0. The predicted octanol–water partition coefficient (Wildman–Crippen LogP) is 1.20. The molecule has 0 aliphatic rings. The van der Waals surface area contributed by atoms with Crippen LogP contribution in [0.25, 0.3) is 0 Å². The smallest absolute Gasteiger partial charge is 0.311 e. The van der Waals surface area contributed by atoms with E-state index in [1.54, 1.807) is 0 Å². The molecule has 0 unspecified atom stereocenters. The van der Waals surface area contributed by atoms with Crippen LogP contribution in [0.1, 0.15) is 23.2 Å². The summed E-state index contributed by atoms with van der Waals surface area (Å²) in [5, 5.41) is 0. The maximum absolute atomic E-state index is 13.0. The Morgan fingerprint density at radius 2 is 2.17 bits per heavy atom. The molecule has 100 valence electrons. The third-order valence-electron chi connectivity index (χ3n) is 2.41. The molecule has 1 aromatic rings. The van der Waals surface area contributed by atoms with Crippen LogP contribution in [0.4, 0.5) is 8.78 Å². The number of carbonyl (C=O) groups excluding carboxylic acids is 1. The first-order valence-corrected chi connectivity index (χ1v) is 5.14. The summed E-state index contributed by atoms with van der Waals surface area (Å²) in [6.07, 6.45) is -1.82. The highest BCUT2D eigenvalue weighted by atomic mass is 19.3. The van der Waals surface area contributed by atoms with Crippen molar-refractivity contribution in [2.24, 2.45) is 5.73 Å². The zero-order valence-corrected chi connectivity index (χ0v) is 10.1. The molecule has 7 heteroatoms. The summed E-state index contributed by atoms with van der Waals surface area (Å²) in [6, 6.07) is 0. The molecule has 0 aromatic carbocycles. The first-order chi connectivity index (χ1) is 8.54. The van der Waals surface area contributed by atoms with Crippen molar-refractivity contribution in [3.8, 4) is 5.75 Å². The van der Waals surface area contributed by atoms with Crippen LogP contribution < -0.4 is 10.5 Å². The van der Waals surface area contributed by atoms with Gasteiger partial charge in [-0.05, 0) is 0 Å². The lowest BCUT2D eigenvalue weighted by Gasteiger charge is -2.15. The van der Waals surface area contributed by atoms with Gasteiger partial charge in [-0.2, -0.15) is 0 Å². The number of methoxy groups -OCH3 is 2. The number of halogens is 2. The fraction of sp³-hybridized carbons (Fsp3) is 0.455. The number of pyridine rings is 1. The van der Waals surface area contributed by atoms with Crippen molar-refractivity contribution in [1.82, 2.24) is 4.98 Å². The molecule has 0 spiro atoms. The van der Waals surface area contributed by atoms with Gasteiger partial charge in [-0.25, -0.2) is 8.78 Å². The van der Waals surface area contributed by atoms with Crippen LogP contribution in [0.15, 0.2) is 6.20 Å². The van der Waals surface area contributed by atoms with Crippen LogP contribution in [0.5, 0.6) is 5.75 Å². The van der Waals surface area contributed by atoms with Gasteiger partial charge in [-0.15, -0.1) is 0 Å². The molecule has 18 heavy (non-hydrogen) atoms. The van der Waals surface area contributed by atoms with Crippen molar-refractivity contribution < 1.29 is 23.0 Å². The minimum absolute atomic E-state index is 0.0222. The topological polar surface area (TPSA) is 74.4 Å². The molecule has 0 atom stereocenters. The standard InChI is InChI=1S/C11H14F2N2O3/c1-17-8(16)3-7-9(11(12)13)10(18-2)6(4-14)5-15-7/h5,11H,3-4,14H2,1-2H3. The number of rotatable bonds is 5. The Hall–Kier alpha value is -1.76. The van der Waals surface area contributed by atoms with E-state index in [1.165, 1.54) is 20.4 Å². The molecule has 0 bridgehead atoms. The minimum atomic E-state index is -2.81. The fourth-order valence-electron chi connectivity index (χ4n) is 1.55. The van der Waals surface area contributed by atoms with Crippen molar-refractivity contribution >= 4 is 5.97 Å². The number of carbonyl (C=O) groups is 1. The predicted molar refractivity (Wildman–Crippen MR) is 59.4 cm³/mol. The van der Waals surface area contributed by atoms with E-state index in [2.05, 4.69) is 9.72 Å². The van der Waals surface area contributed by atoms with E-state index in [0.717, 1.165) is 0 Å². The van der Waals surface area contributed by atoms with E-state index in [4.69, 9.17) is 10.5 Å². The van der Waals surface area contributed by atoms with Gasteiger partial charge in [-0.1, -0.05) is 0 Å². The van der Waals surface area contributed by atoms with E-state index in [0.29, 0.717) is 5.56 Å². The lowest BCUT2D eigenvalue weighted by Crippen LogP contribution is -2.12. The maximum Gasteiger partial charge on any atom is 0.311 e. The molecule has 0 amide bonds. The molecule has 0 aliphatic heterocycles. The Kier molecular flexibility index (Phi) is 4.96. The fourth-order valence-corrected chi connectivity index (χ4v) is 1.55. The molecule has 0 fully saturated rings. The number of hydrogen-bond donors (Lipinski definition) is 1. The molecule has 0 saturated carbocycles. The van der Waals surface area contributed by atoms with E-state index in [9.17, 15) is 13.6 Å². The summed E-state index contributed by atoms with van der Waals surface area (Å²) in [7, 11) is 2.44. The van der Waals surface area contributed by atoms with E-state index in [1.807, 2.05) is 0 Å². The quantitative estimate of drug-likeness (QED) is 0.805. The van der Waals surface area contributed by atoms with Crippen molar-refractivity contribution in [2.75, 3.05) is 14.2 Å². The highest BCUT2D eigenvalue weighted by molar-refractivity contribution is 5.72. The Balaban J connectivity index is 3.30. The first kappa shape index (κ1) is 14.3. The van der Waals surface area contributed by atoms with E-state index >= 15 is 0 Å². The molecule has 0 saturated heterocycles. The molecule has 1 rings (SSSR count). The van der Waals surface area contributed by atoms with Crippen LogP contribution >= 0.6 is 0 Å². The number of nitrogens with two attached hydrogens (primary N) is 1. The highest BCUT2D eigenvalue weighted by Gasteiger charge is 2.24. The van der Waals surface area contributed by atoms with Gasteiger partial charge in [-0.3, -0.25) is 9.78 Å². The molecule has 0 radical (unpaired) electrons. The summed E-state index contributed by atoms with van der Waals surface area (Å²) < 4.78 is 35.4. The van der Waals surface area contributed by atoms with Gasteiger partial charge < -0.3 is 15.2 Å². The number of aromatic nitrogens is 1. The van der Waals surface area contributed by atoms with Gasteiger partial charge in [0.2, 0.25) is 0 Å². The molecule has 2 N–H and O–H groups in total. The minimum Gasteiger partial charge on any atom is -0.496 e. The van der Waals surface area contributed by atoms with Crippen LogP contribution in [-0.4, -0.2) is 25.2 Å². The number of hydrogen-bond acceptors (Lipinski definition) is 5. The normalized spacial score (nSPS) is 10.6. The first-order valence-electron chi connectivity index (χ1n) is 5.14.